The maximum absolute atomic E-state index is 12.3. The van der Waals surface area contributed by atoms with Crippen molar-refractivity contribution in [3.63, 3.8) is 0 Å². The minimum Gasteiger partial charge on any atom is -0.338 e. The average molecular weight is 355 g/mol. The third kappa shape index (κ3) is 3.39. The molecule has 1 unspecified atom stereocenters. The van der Waals surface area contributed by atoms with E-state index in [0.717, 1.165) is 5.56 Å². The molecule has 0 aliphatic carbocycles. The van der Waals surface area contributed by atoms with E-state index in [1.807, 2.05) is 42.5 Å². The van der Waals surface area contributed by atoms with E-state index in [1.54, 1.807) is 11.1 Å². The van der Waals surface area contributed by atoms with Crippen molar-refractivity contribution in [3.05, 3.63) is 65.1 Å². The summed E-state index contributed by atoms with van der Waals surface area (Å²) in [6, 6.07) is 13.0. The summed E-state index contributed by atoms with van der Waals surface area (Å²) >= 11 is 6.01. The molecule has 1 aliphatic heterocycles. The van der Waals surface area contributed by atoms with Crippen LogP contribution in [0.2, 0.25) is 5.02 Å². The number of aromatic nitrogens is 3. The number of hydrogen-bond donors (Lipinski definition) is 0. The number of carbonyl (C=O) groups excluding carboxylic acids is 1. The fourth-order valence-electron chi connectivity index (χ4n) is 2.95. The molecule has 0 radical (unpaired) electrons. The Labute approximate surface area is 149 Å². The zero-order valence-corrected chi connectivity index (χ0v) is 14.1. The standard InChI is InChI=1S/C18H15ClN4O2/c19-14-5-3-4-12(8-14)10-23-11-13(9-16(23)24)17-21-18(25-22-17)15-6-1-2-7-20-15/h1-8,13H,9-11H2. The van der Waals surface area contributed by atoms with Crippen LogP contribution >= 0.6 is 11.6 Å². The number of pyridine rings is 1. The van der Waals surface area contributed by atoms with Crippen LogP contribution in [0.25, 0.3) is 11.6 Å². The Bertz CT molecular complexity index is 897. The predicted octanol–water partition coefficient (Wildman–Crippen LogP) is 3.30. The van der Waals surface area contributed by atoms with Crippen molar-refractivity contribution >= 4 is 17.5 Å². The van der Waals surface area contributed by atoms with Gasteiger partial charge in [-0.2, -0.15) is 4.98 Å². The Hall–Kier alpha value is -2.73. The zero-order chi connectivity index (χ0) is 17.2. The first-order chi connectivity index (χ1) is 12.2. The van der Waals surface area contributed by atoms with E-state index in [4.69, 9.17) is 16.1 Å². The minimum atomic E-state index is -0.0760. The maximum Gasteiger partial charge on any atom is 0.276 e. The summed E-state index contributed by atoms with van der Waals surface area (Å²) in [6.45, 7) is 1.09. The number of amides is 1. The number of carbonyl (C=O) groups is 1. The van der Waals surface area contributed by atoms with Crippen LogP contribution in [0.3, 0.4) is 0 Å². The molecule has 1 aliphatic rings. The fraction of sp³-hybridized carbons (Fsp3) is 0.222. The third-order valence-corrected chi connectivity index (χ3v) is 4.40. The predicted molar refractivity (Wildman–Crippen MR) is 91.8 cm³/mol. The van der Waals surface area contributed by atoms with Crippen LogP contribution in [0.1, 0.15) is 23.7 Å². The van der Waals surface area contributed by atoms with E-state index in [9.17, 15) is 4.79 Å². The first kappa shape index (κ1) is 15.8. The summed E-state index contributed by atoms with van der Waals surface area (Å²) in [5.74, 6) is 0.918. The van der Waals surface area contributed by atoms with Gasteiger partial charge in [-0.25, -0.2) is 0 Å². The molecule has 1 saturated heterocycles. The molecule has 1 amide bonds. The van der Waals surface area contributed by atoms with E-state index in [1.165, 1.54) is 0 Å². The minimum absolute atomic E-state index is 0.0760. The summed E-state index contributed by atoms with van der Waals surface area (Å²) < 4.78 is 5.30. The molecular formula is C18H15ClN4O2. The van der Waals surface area contributed by atoms with Gasteiger partial charge in [-0.05, 0) is 29.8 Å². The number of hydrogen-bond acceptors (Lipinski definition) is 5. The molecule has 7 heteroatoms. The largest absolute Gasteiger partial charge is 0.338 e. The highest BCUT2D eigenvalue weighted by Crippen LogP contribution is 2.29. The zero-order valence-electron chi connectivity index (χ0n) is 13.3. The SMILES string of the molecule is O=C1CC(c2noc(-c3ccccn3)n2)CN1Cc1cccc(Cl)c1. The van der Waals surface area contributed by atoms with Crippen molar-refractivity contribution in [2.45, 2.75) is 18.9 Å². The van der Waals surface area contributed by atoms with Gasteiger partial charge >= 0.3 is 0 Å². The van der Waals surface area contributed by atoms with Crippen LogP contribution in [-0.4, -0.2) is 32.5 Å². The number of likely N-dealkylation sites (tertiary alicyclic amines) is 1. The lowest BCUT2D eigenvalue weighted by Crippen LogP contribution is -2.24. The molecule has 25 heavy (non-hydrogen) atoms. The van der Waals surface area contributed by atoms with Gasteiger partial charge in [0.25, 0.3) is 5.89 Å². The molecule has 3 heterocycles. The summed E-state index contributed by atoms with van der Waals surface area (Å²) in [6.07, 6.45) is 2.05. The lowest BCUT2D eigenvalue weighted by Gasteiger charge is -2.16. The van der Waals surface area contributed by atoms with E-state index >= 15 is 0 Å². The lowest BCUT2D eigenvalue weighted by atomic mass is 10.1. The van der Waals surface area contributed by atoms with Crippen LogP contribution in [0.4, 0.5) is 0 Å². The van der Waals surface area contributed by atoms with Crippen LogP contribution in [-0.2, 0) is 11.3 Å². The Morgan fingerprint density at radius 2 is 2.16 bits per heavy atom. The van der Waals surface area contributed by atoms with Gasteiger partial charge in [-0.1, -0.05) is 35.0 Å². The van der Waals surface area contributed by atoms with Gasteiger partial charge in [0, 0.05) is 36.6 Å². The summed E-state index contributed by atoms with van der Waals surface area (Å²) in [4.78, 5) is 22.7. The van der Waals surface area contributed by atoms with Gasteiger partial charge in [0.05, 0.1) is 0 Å². The quantitative estimate of drug-likeness (QED) is 0.718. The summed E-state index contributed by atoms with van der Waals surface area (Å²) in [5.41, 5.74) is 1.63. The molecule has 1 fully saturated rings. The van der Waals surface area contributed by atoms with Crippen molar-refractivity contribution in [2.24, 2.45) is 0 Å². The van der Waals surface area contributed by atoms with Crippen molar-refractivity contribution in [3.8, 4) is 11.6 Å². The first-order valence-electron chi connectivity index (χ1n) is 7.96. The Kier molecular flexibility index (Phi) is 4.19. The van der Waals surface area contributed by atoms with E-state index < -0.39 is 0 Å². The smallest absolute Gasteiger partial charge is 0.276 e. The van der Waals surface area contributed by atoms with Crippen LogP contribution in [0.15, 0.2) is 53.2 Å². The van der Waals surface area contributed by atoms with E-state index in [0.29, 0.717) is 41.9 Å². The van der Waals surface area contributed by atoms with Gasteiger partial charge in [-0.3, -0.25) is 9.78 Å². The fourth-order valence-corrected chi connectivity index (χ4v) is 3.16. The van der Waals surface area contributed by atoms with Gasteiger partial charge < -0.3 is 9.42 Å². The number of halogens is 1. The van der Waals surface area contributed by atoms with Crippen molar-refractivity contribution in [1.82, 2.24) is 20.0 Å². The molecular weight excluding hydrogens is 340 g/mol. The Morgan fingerprint density at radius 3 is 2.96 bits per heavy atom. The Morgan fingerprint density at radius 1 is 1.24 bits per heavy atom. The van der Waals surface area contributed by atoms with Crippen molar-refractivity contribution in [1.29, 1.82) is 0 Å². The molecule has 126 valence electrons. The molecule has 4 rings (SSSR count). The van der Waals surface area contributed by atoms with E-state index in [-0.39, 0.29) is 11.8 Å². The highest BCUT2D eigenvalue weighted by molar-refractivity contribution is 6.30. The second kappa shape index (κ2) is 6.64. The lowest BCUT2D eigenvalue weighted by molar-refractivity contribution is -0.128. The number of rotatable bonds is 4. The van der Waals surface area contributed by atoms with Gasteiger partial charge in [0.1, 0.15) is 5.69 Å². The average Bonchev–Trinajstić information content (AvgIpc) is 3.23. The van der Waals surface area contributed by atoms with Gasteiger partial charge in [0.15, 0.2) is 5.82 Å². The molecule has 1 aromatic carbocycles. The van der Waals surface area contributed by atoms with Crippen molar-refractivity contribution < 1.29 is 9.32 Å². The summed E-state index contributed by atoms with van der Waals surface area (Å²) in [5, 5.41) is 4.70. The highest BCUT2D eigenvalue weighted by atomic mass is 35.5. The monoisotopic (exact) mass is 354 g/mol. The summed E-state index contributed by atoms with van der Waals surface area (Å²) in [7, 11) is 0. The van der Waals surface area contributed by atoms with Crippen LogP contribution < -0.4 is 0 Å². The first-order valence-corrected chi connectivity index (χ1v) is 8.34. The molecule has 0 bridgehead atoms. The molecule has 0 saturated carbocycles. The van der Waals surface area contributed by atoms with E-state index in [2.05, 4.69) is 15.1 Å². The van der Waals surface area contributed by atoms with Gasteiger partial charge in [0.2, 0.25) is 5.91 Å². The van der Waals surface area contributed by atoms with Crippen LogP contribution in [0, 0.1) is 0 Å². The number of nitrogens with zero attached hydrogens (tertiary/aromatic N) is 4. The number of benzene rings is 1. The van der Waals surface area contributed by atoms with Gasteiger partial charge in [-0.15, -0.1) is 0 Å². The molecule has 2 aromatic heterocycles. The third-order valence-electron chi connectivity index (χ3n) is 4.17. The normalized spacial score (nSPS) is 17.2. The molecule has 3 aromatic rings. The highest BCUT2D eigenvalue weighted by Gasteiger charge is 2.33. The maximum atomic E-state index is 12.3. The topological polar surface area (TPSA) is 72.1 Å². The Balaban J connectivity index is 1.48. The molecule has 0 spiro atoms. The molecule has 1 atom stereocenters. The second-order valence-corrected chi connectivity index (χ2v) is 6.41. The molecule has 6 nitrogen and oxygen atoms in total. The van der Waals surface area contributed by atoms with Crippen molar-refractivity contribution in [2.75, 3.05) is 6.54 Å². The second-order valence-electron chi connectivity index (χ2n) is 5.98. The molecule has 0 N–H and O–H groups in total. The van der Waals surface area contributed by atoms with Crippen LogP contribution in [0.5, 0.6) is 0 Å².